The molecule has 0 saturated heterocycles. The van der Waals surface area contributed by atoms with Crippen molar-refractivity contribution in [2.75, 3.05) is 7.11 Å². The number of halogens is 3. The SMILES string of the molecule is COC(C)(C)c1c(CC(=O)Cc2ccc(-n3nccn3)c(C(F)(F)F)c2)cnc2sc(C)nc12. The molecule has 7 nitrogen and oxygen atoms in total. The summed E-state index contributed by atoms with van der Waals surface area (Å²) >= 11 is 1.45. The molecular weight excluding hydrogens is 467 g/mol. The smallest absolute Gasteiger partial charge is 0.374 e. The number of hydrogen-bond donors (Lipinski definition) is 0. The first kappa shape index (κ1) is 24.0. The van der Waals surface area contributed by atoms with E-state index in [0.717, 1.165) is 26.3 Å². The molecule has 0 fully saturated rings. The number of alkyl halides is 3. The number of aromatic nitrogens is 5. The van der Waals surface area contributed by atoms with Gasteiger partial charge in [0.05, 0.1) is 34.3 Å². The van der Waals surface area contributed by atoms with Crippen LogP contribution in [0.2, 0.25) is 0 Å². The molecule has 0 aliphatic heterocycles. The fourth-order valence-electron chi connectivity index (χ4n) is 3.87. The van der Waals surface area contributed by atoms with Crippen molar-refractivity contribution in [2.24, 2.45) is 0 Å². The molecule has 0 unspecified atom stereocenters. The van der Waals surface area contributed by atoms with E-state index in [9.17, 15) is 18.0 Å². The largest absolute Gasteiger partial charge is 0.418 e. The van der Waals surface area contributed by atoms with Crippen molar-refractivity contribution < 1.29 is 22.7 Å². The summed E-state index contributed by atoms with van der Waals surface area (Å²) in [5.41, 5.74) is 0.480. The predicted octanol–water partition coefficient (Wildman–Crippen LogP) is 4.84. The fraction of sp³-hybridized carbons (Fsp3) is 0.348. The predicted molar refractivity (Wildman–Crippen MR) is 121 cm³/mol. The Bertz CT molecular complexity index is 1350. The zero-order chi connectivity index (χ0) is 24.7. The van der Waals surface area contributed by atoms with Crippen LogP contribution in [0.15, 0.2) is 36.8 Å². The Morgan fingerprint density at radius 3 is 2.50 bits per heavy atom. The second-order valence-electron chi connectivity index (χ2n) is 8.32. The first-order valence-corrected chi connectivity index (χ1v) is 11.2. The number of nitrogens with zero attached hydrogens (tertiary/aromatic N) is 5. The van der Waals surface area contributed by atoms with Gasteiger partial charge < -0.3 is 4.74 Å². The molecule has 0 spiro atoms. The van der Waals surface area contributed by atoms with E-state index in [1.165, 1.54) is 35.9 Å². The average molecular weight is 490 g/mol. The second kappa shape index (κ2) is 8.88. The van der Waals surface area contributed by atoms with Gasteiger partial charge in [0.15, 0.2) is 0 Å². The molecule has 11 heteroatoms. The Hall–Kier alpha value is -3.18. The van der Waals surface area contributed by atoms with Crippen molar-refractivity contribution in [3.8, 4) is 5.69 Å². The van der Waals surface area contributed by atoms with Gasteiger partial charge in [0.1, 0.15) is 16.1 Å². The number of thiazole rings is 1. The maximum Gasteiger partial charge on any atom is 0.418 e. The van der Waals surface area contributed by atoms with Crippen molar-refractivity contribution in [3.05, 3.63) is 64.1 Å². The summed E-state index contributed by atoms with van der Waals surface area (Å²) in [4.78, 5) is 23.6. The van der Waals surface area contributed by atoms with E-state index in [4.69, 9.17) is 4.74 Å². The maximum atomic E-state index is 13.7. The van der Waals surface area contributed by atoms with Gasteiger partial charge in [-0.05, 0) is 44.0 Å². The van der Waals surface area contributed by atoms with Crippen LogP contribution in [0.25, 0.3) is 16.0 Å². The molecule has 0 atom stereocenters. The zero-order valence-corrected chi connectivity index (χ0v) is 19.8. The molecule has 178 valence electrons. The minimum absolute atomic E-state index is 0.00848. The highest BCUT2D eigenvalue weighted by Gasteiger charge is 2.35. The van der Waals surface area contributed by atoms with Crippen molar-refractivity contribution in [3.63, 3.8) is 0 Å². The van der Waals surface area contributed by atoms with Gasteiger partial charge in [-0.2, -0.15) is 28.2 Å². The summed E-state index contributed by atoms with van der Waals surface area (Å²) in [5.74, 6) is -0.251. The number of hydrogen-bond acceptors (Lipinski definition) is 7. The van der Waals surface area contributed by atoms with Crippen molar-refractivity contribution >= 4 is 27.5 Å². The Balaban J connectivity index is 1.65. The van der Waals surface area contributed by atoms with Gasteiger partial charge in [0.25, 0.3) is 0 Å². The second-order valence-corrected chi connectivity index (χ2v) is 9.50. The van der Waals surface area contributed by atoms with Gasteiger partial charge in [-0.15, -0.1) is 0 Å². The number of ketones is 1. The Labute approximate surface area is 197 Å². The number of methoxy groups -OCH3 is 1. The van der Waals surface area contributed by atoms with Crippen LogP contribution < -0.4 is 0 Å². The molecule has 0 N–H and O–H groups in total. The summed E-state index contributed by atoms with van der Waals surface area (Å²) in [6.45, 7) is 5.63. The van der Waals surface area contributed by atoms with E-state index in [0.29, 0.717) is 11.1 Å². The lowest BCUT2D eigenvalue weighted by Crippen LogP contribution is -2.23. The summed E-state index contributed by atoms with van der Waals surface area (Å²) in [6.07, 6.45) is -0.588. The summed E-state index contributed by atoms with van der Waals surface area (Å²) < 4.78 is 46.8. The van der Waals surface area contributed by atoms with E-state index < -0.39 is 17.3 Å². The van der Waals surface area contributed by atoms with E-state index in [-0.39, 0.29) is 29.9 Å². The molecule has 4 aromatic rings. The molecule has 0 radical (unpaired) electrons. The first-order valence-electron chi connectivity index (χ1n) is 10.4. The van der Waals surface area contributed by atoms with Crippen LogP contribution in [0.3, 0.4) is 0 Å². The van der Waals surface area contributed by atoms with E-state index in [2.05, 4.69) is 20.2 Å². The lowest BCUT2D eigenvalue weighted by molar-refractivity contribution is -0.137. The highest BCUT2D eigenvalue weighted by Crippen LogP contribution is 2.36. The van der Waals surface area contributed by atoms with Crippen LogP contribution in [0, 0.1) is 6.92 Å². The first-order chi connectivity index (χ1) is 16.0. The maximum absolute atomic E-state index is 13.7. The van der Waals surface area contributed by atoms with Crippen LogP contribution in [-0.4, -0.2) is 37.9 Å². The third-order valence-corrected chi connectivity index (χ3v) is 6.39. The molecule has 0 bridgehead atoms. The topological polar surface area (TPSA) is 82.8 Å². The van der Waals surface area contributed by atoms with Gasteiger partial charge in [0.2, 0.25) is 0 Å². The minimum Gasteiger partial charge on any atom is -0.374 e. The summed E-state index contributed by atoms with van der Waals surface area (Å²) in [6, 6.07) is 3.73. The zero-order valence-electron chi connectivity index (χ0n) is 19.0. The van der Waals surface area contributed by atoms with Crippen LogP contribution in [-0.2, 0) is 34.2 Å². The van der Waals surface area contributed by atoms with Gasteiger partial charge in [-0.1, -0.05) is 17.4 Å². The number of carbonyl (C=O) groups is 1. The monoisotopic (exact) mass is 489 g/mol. The normalized spacial score (nSPS) is 12.4. The Morgan fingerprint density at radius 1 is 1.15 bits per heavy atom. The van der Waals surface area contributed by atoms with Crippen molar-refractivity contribution in [2.45, 2.75) is 45.4 Å². The molecule has 34 heavy (non-hydrogen) atoms. The summed E-state index contributed by atoms with van der Waals surface area (Å²) in [5, 5.41) is 8.42. The third-order valence-electron chi connectivity index (χ3n) is 5.51. The van der Waals surface area contributed by atoms with Gasteiger partial charge in [0, 0.05) is 31.7 Å². The van der Waals surface area contributed by atoms with E-state index in [1.54, 1.807) is 13.3 Å². The highest BCUT2D eigenvalue weighted by atomic mass is 32.1. The van der Waals surface area contributed by atoms with Crippen LogP contribution in [0.5, 0.6) is 0 Å². The van der Waals surface area contributed by atoms with Gasteiger partial charge >= 0.3 is 6.18 Å². The fourth-order valence-corrected chi connectivity index (χ4v) is 4.63. The van der Waals surface area contributed by atoms with E-state index >= 15 is 0 Å². The lowest BCUT2D eigenvalue weighted by Gasteiger charge is -2.26. The Morgan fingerprint density at radius 2 is 1.85 bits per heavy atom. The van der Waals surface area contributed by atoms with Crippen LogP contribution >= 0.6 is 11.3 Å². The molecule has 0 amide bonds. The van der Waals surface area contributed by atoms with E-state index in [1.807, 2.05) is 20.8 Å². The number of ether oxygens (including phenoxy) is 1. The Kier molecular flexibility index (Phi) is 6.26. The molecule has 0 aliphatic rings. The number of rotatable bonds is 7. The lowest BCUT2D eigenvalue weighted by atomic mass is 9.90. The number of carbonyl (C=O) groups excluding carboxylic acids is 1. The van der Waals surface area contributed by atoms with Gasteiger partial charge in [-0.25, -0.2) is 9.97 Å². The highest BCUT2D eigenvalue weighted by molar-refractivity contribution is 7.18. The van der Waals surface area contributed by atoms with Crippen LogP contribution in [0.4, 0.5) is 13.2 Å². The standard InChI is InChI=1S/C23H22F3N5O2S/c1-13-30-20-19(22(2,3)33-4)15(12-27-21(20)34-13)11-16(32)9-14-5-6-18(31-28-7-8-29-31)17(10-14)23(24,25)26/h5-8,10,12H,9,11H2,1-4H3. The molecule has 3 heterocycles. The number of benzene rings is 1. The minimum atomic E-state index is -4.63. The molecular formula is C23H22F3N5O2S. The van der Waals surface area contributed by atoms with Gasteiger partial charge in [-0.3, -0.25) is 4.79 Å². The number of fused-ring (bicyclic) bond motifs is 1. The van der Waals surface area contributed by atoms with Crippen molar-refractivity contribution in [1.29, 1.82) is 0 Å². The molecule has 0 saturated carbocycles. The molecule has 3 aromatic heterocycles. The third kappa shape index (κ3) is 4.71. The molecule has 1 aromatic carbocycles. The van der Waals surface area contributed by atoms with Crippen molar-refractivity contribution in [1.82, 2.24) is 25.0 Å². The number of pyridine rings is 1. The average Bonchev–Trinajstić information content (AvgIpc) is 3.41. The molecule has 0 aliphatic carbocycles. The van der Waals surface area contributed by atoms with Crippen LogP contribution in [0.1, 0.15) is 41.1 Å². The number of Topliss-reactive ketones (excluding diaryl/α,β-unsaturated/α-hetero) is 1. The number of aryl methyl sites for hydroxylation is 1. The summed E-state index contributed by atoms with van der Waals surface area (Å²) in [7, 11) is 1.58. The quantitative estimate of drug-likeness (QED) is 0.370. The molecule has 4 rings (SSSR count).